The van der Waals surface area contributed by atoms with Crippen LogP contribution in [-0.2, 0) is 91.3 Å². The van der Waals surface area contributed by atoms with Gasteiger partial charge in [0.2, 0.25) is 0 Å². The van der Waals surface area contributed by atoms with E-state index in [1.54, 1.807) is 0 Å². The Kier molecular flexibility index (Phi) is 47.8. The maximum atomic E-state index is 14.8. The minimum absolute atomic E-state index is 0.00546. The molecule has 2 aliphatic heterocycles. The number of hydrogen-bond acceptors (Lipinski definition) is 19. The zero-order chi connectivity index (χ0) is 63.9. The summed E-state index contributed by atoms with van der Waals surface area (Å²) in [5, 5.41) is 10.7. The van der Waals surface area contributed by atoms with Crippen LogP contribution in [0, 0.1) is 0 Å². The van der Waals surface area contributed by atoms with Crippen molar-refractivity contribution in [2.75, 3.05) is 106 Å². The lowest BCUT2D eigenvalue weighted by Crippen LogP contribution is -2.49. The minimum atomic E-state index is -5.01. The molecule has 0 aliphatic carbocycles. The maximum Gasteiger partial charge on any atom is 0.472 e. The summed E-state index contributed by atoms with van der Waals surface area (Å²) >= 11 is 0. The van der Waals surface area contributed by atoms with Crippen LogP contribution in [0.25, 0.3) is 0 Å². The van der Waals surface area contributed by atoms with Crippen molar-refractivity contribution in [3.63, 3.8) is 0 Å². The van der Waals surface area contributed by atoms with Crippen LogP contribution >= 0.6 is 7.82 Å². The second kappa shape index (κ2) is 52.0. The van der Waals surface area contributed by atoms with Gasteiger partial charge >= 0.3 is 7.82 Å². The standard InChI is InChI=1S/C67H125O20P/c1-11-21-36-71-48-58-62(81-47-53-34-32-31-33-35-53)64(79-44-29-19-9)66(85-58)82-51-56(75-40-25-15-5)61(78-43-28-18-8)57(76-41-26-16-6)52-84-88(69,70)87-63-59(49-72-37-22-12-2)86-67(65(63)80-45-30-20-10)83-50-55(74-39-24-14-4)60(77-42-27-17-7)54(46-68)73-38-23-13-3/h31-35,54-68H,11-30,36-52H2,1-10H3,(H,69,70)/t54?,55?,56?,57?,58-,59-,60?,61?,62?,63?,64+,65+,66-,67-/m1/s1. The smallest absolute Gasteiger partial charge is 0.394 e. The van der Waals surface area contributed by atoms with Gasteiger partial charge in [0.05, 0.1) is 46.2 Å². The van der Waals surface area contributed by atoms with Crippen molar-refractivity contribution in [3.05, 3.63) is 35.9 Å². The summed E-state index contributed by atoms with van der Waals surface area (Å²) < 4.78 is 126. The summed E-state index contributed by atoms with van der Waals surface area (Å²) in [6.45, 7) is 25.0. The van der Waals surface area contributed by atoms with Gasteiger partial charge < -0.3 is 81.1 Å². The highest BCUT2D eigenvalue weighted by molar-refractivity contribution is 7.47. The molecule has 1 aromatic carbocycles. The van der Waals surface area contributed by atoms with E-state index in [-0.39, 0.29) is 26.4 Å². The van der Waals surface area contributed by atoms with Gasteiger partial charge in [-0.2, -0.15) is 0 Å². The second-order valence-corrected chi connectivity index (χ2v) is 24.6. The number of aliphatic hydroxyl groups is 1. The van der Waals surface area contributed by atoms with Crippen molar-refractivity contribution in [2.24, 2.45) is 0 Å². The fourth-order valence-electron chi connectivity index (χ4n) is 9.83. The first kappa shape index (κ1) is 80.9. The number of rotatable bonds is 61. The van der Waals surface area contributed by atoms with Crippen molar-refractivity contribution >= 4 is 7.82 Å². The van der Waals surface area contributed by atoms with Gasteiger partial charge in [0, 0.05) is 66.1 Å². The molecule has 20 nitrogen and oxygen atoms in total. The Morgan fingerprint density at radius 2 is 0.784 bits per heavy atom. The summed E-state index contributed by atoms with van der Waals surface area (Å²) in [6.07, 6.45) is 5.65. The van der Waals surface area contributed by atoms with Crippen molar-refractivity contribution in [1.82, 2.24) is 0 Å². The minimum Gasteiger partial charge on any atom is -0.394 e. The quantitative estimate of drug-likeness (QED) is 0.0458. The first-order valence-corrected chi connectivity index (χ1v) is 36.1. The van der Waals surface area contributed by atoms with E-state index in [0.717, 1.165) is 121 Å². The average molecular weight is 1280 g/mol. The van der Waals surface area contributed by atoms with Gasteiger partial charge in [0.15, 0.2) is 12.6 Å². The van der Waals surface area contributed by atoms with Gasteiger partial charge in [0.25, 0.3) is 0 Å². The van der Waals surface area contributed by atoms with Crippen molar-refractivity contribution in [3.8, 4) is 0 Å². The van der Waals surface area contributed by atoms with Gasteiger partial charge in [-0.25, -0.2) is 4.57 Å². The third-order valence-corrected chi connectivity index (χ3v) is 16.4. The lowest BCUT2D eigenvalue weighted by atomic mass is 10.1. The largest absolute Gasteiger partial charge is 0.472 e. The van der Waals surface area contributed by atoms with E-state index < -0.39 is 100 Å². The molecule has 88 heavy (non-hydrogen) atoms. The molecule has 3 rings (SSSR count). The Morgan fingerprint density at radius 1 is 0.420 bits per heavy atom. The van der Waals surface area contributed by atoms with Crippen molar-refractivity contribution in [1.29, 1.82) is 0 Å². The maximum absolute atomic E-state index is 14.8. The van der Waals surface area contributed by atoms with Gasteiger partial charge in [-0.15, -0.1) is 0 Å². The molecule has 21 heteroatoms. The molecule has 0 radical (unpaired) electrons. The van der Waals surface area contributed by atoms with Gasteiger partial charge in [0.1, 0.15) is 73.2 Å². The zero-order valence-corrected chi connectivity index (χ0v) is 57.2. The van der Waals surface area contributed by atoms with Crippen LogP contribution in [0.15, 0.2) is 30.3 Å². The van der Waals surface area contributed by atoms with Crippen molar-refractivity contribution < 1.29 is 94.7 Å². The molecule has 2 heterocycles. The Bertz CT molecular complexity index is 1780. The van der Waals surface area contributed by atoms with Gasteiger partial charge in [-0.05, 0) is 69.8 Å². The number of unbranched alkanes of at least 4 members (excludes halogenated alkanes) is 10. The van der Waals surface area contributed by atoms with Crippen LogP contribution in [0.3, 0.4) is 0 Å². The van der Waals surface area contributed by atoms with Crippen LogP contribution < -0.4 is 0 Å². The van der Waals surface area contributed by atoms with E-state index in [9.17, 15) is 14.6 Å². The second-order valence-electron chi connectivity index (χ2n) is 23.2. The van der Waals surface area contributed by atoms with E-state index in [2.05, 4.69) is 69.2 Å². The molecule has 1 aromatic rings. The lowest BCUT2D eigenvalue weighted by molar-refractivity contribution is -0.218. The van der Waals surface area contributed by atoms with E-state index in [0.29, 0.717) is 92.1 Å². The topological polar surface area (TPSA) is 214 Å². The van der Waals surface area contributed by atoms with Crippen LogP contribution in [0.4, 0.5) is 0 Å². The van der Waals surface area contributed by atoms with Crippen molar-refractivity contribution in [2.45, 2.75) is 290 Å². The van der Waals surface area contributed by atoms with E-state index in [1.165, 1.54) is 0 Å². The molecule has 2 fully saturated rings. The van der Waals surface area contributed by atoms with Crippen LogP contribution in [-0.4, -0.2) is 202 Å². The number of aliphatic hydroxyl groups excluding tert-OH is 1. The fraction of sp³-hybridized carbons (Fsp3) is 0.910. The molecule has 0 aromatic heterocycles. The third kappa shape index (κ3) is 32.7. The molecular formula is C67H125O20P. The van der Waals surface area contributed by atoms with E-state index in [4.69, 9.17) is 80.1 Å². The summed E-state index contributed by atoms with van der Waals surface area (Å²) in [5.41, 5.74) is 1.02. The molecular weight excluding hydrogens is 1160 g/mol. The fourth-order valence-corrected chi connectivity index (χ4v) is 10.8. The highest BCUT2D eigenvalue weighted by Gasteiger charge is 2.52. The zero-order valence-electron chi connectivity index (χ0n) is 56.3. The van der Waals surface area contributed by atoms with Crippen LogP contribution in [0.5, 0.6) is 0 Å². The molecule has 2 saturated heterocycles. The van der Waals surface area contributed by atoms with E-state index in [1.807, 2.05) is 30.3 Å². The Labute approximate surface area is 532 Å². The molecule has 0 spiro atoms. The van der Waals surface area contributed by atoms with Gasteiger partial charge in [-0.1, -0.05) is 164 Å². The summed E-state index contributed by atoms with van der Waals surface area (Å²) in [4.78, 5) is 12.1. The first-order chi connectivity index (χ1) is 43.0. The predicted molar refractivity (Wildman–Crippen MR) is 341 cm³/mol. The molecule has 518 valence electrons. The summed E-state index contributed by atoms with van der Waals surface area (Å²) in [7, 11) is -5.01. The highest BCUT2D eigenvalue weighted by Crippen LogP contribution is 2.48. The summed E-state index contributed by atoms with van der Waals surface area (Å²) in [6, 6.07) is 10.0. The Balaban J connectivity index is 2.04. The SMILES string of the molecule is CCCCOC[C@H]1O[C@@H](OCC(OCCCC)C(OCCCC)C(COP(=O)(O)OC2[C@@H](COCCCC)O[C@@H](OCC(OCCCC)C(OCCCC)C(CO)OCCCC)[C@H]2OCCCC)OCCCC)[C@@H](OCCCC)C1OCc1ccccc1. The normalized spacial score (nSPS) is 23.3. The van der Waals surface area contributed by atoms with Crippen LogP contribution in [0.2, 0.25) is 0 Å². The number of phosphoric acid groups is 1. The molecule has 9 unspecified atom stereocenters. The monoisotopic (exact) mass is 1280 g/mol. The first-order valence-electron chi connectivity index (χ1n) is 34.6. The molecule has 15 atom stereocenters. The molecule has 2 N–H and O–H groups in total. The van der Waals surface area contributed by atoms with Crippen LogP contribution in [0.1, 0.15) is 203 Å². The Morgan fingerprint density at radius 3 is 1.22 bits per heavy atom. The molecule has 0 bridgehead atoms. The lowest BCUT2D eigenvalue weighted by Gasteiger charge is -2.35. The molecule has 2 aliphatic rings. The average Bonchev–Trinajstić information content (AvgIpc) is 3.14. The molecule has 0 amide bonds. The number of phosphoric ester groups is 1. The Hall–Kier alpha value is -1.31. The molecule has 0 saturated carbocycles. The number of hydrogen-bond donors (Lipinski definition) is 2. The number of benzene rings is 1. The predicted octanol–water partition coefficient (Wildman–Crippen LogP) is 12.7. The van der Waals surface area contributed by atoms with E-state index >= 15 is 0 Å². The number of ether oxygens (including phenoxy) is 15. The summed E-state index contributed by atoms with van der Waals surface area (Å²) in [5.74, 6) is 0. The van der Waals surface area contributed by atoms with Gasteiger partial charge in [-0.3, -0.25) is 9.05 Å². The highest BCUT2D eigenvalue weighted by atomic mass is 31.2. The third-order valence-electron chi connectivity index (χ3n) is 15.4.